The number of aliphatic imine (C=N–C) groups is 1. The number of hydrogen-bond donors (Lipinski definition) is 2. The minimum absolute atomic E-state index is 0.302. The van der Waals surface area contributed by atoms with Crippen molar-refractivity contribution in [3.63, 3.8) is 0 Å². The van der Waals surface area contributed by atoms with Crippen LogP contribution in [0.3, 0.4) is 0 Å². The highest BCUT2D eigenvalue weighted by Crippen LogP contribution is 2.21. The van der Waals surface area contributed by atoms with Gasteiger partial charge in [0.05, 0.1) is 12.0 Å². The lowest BCUT2D eigenvalue weighted by Gasteiger charge is -2.17. The summed E-state index contributed by atoms with van der Waals surface area (Å²) in [5.41, 5.74) is 4.75. The molecule has 1 unspecified atom stereocenters. The Hall–Kier alpha value is -0.710. The Balaban J connectivity index is 2.46. The van der Waals surface area contributed by atoms with Crippen molar-refractivity contribution >= 4 is 22.8 Å². The molecule has 1 rings (SSSR count). The first-order chi connectivity index (χ1) is 7.81. The summed E-state index contributed by atoms with van der Waals surface area (Å²) in [5, 5.41) is 4.34. The number of amides is 1. The van der Waals surface area contributed by atoms with Crippen LogP contribution >= 0.6 is 11.8 Å². The predicted octanol–water partition coefficient (Wildman–Crippen LogP) is 1.60. The Morgan fingerprint density at radius 1 is 1.65 bits per heavy atom. The SMILES string of the molecule is CC(C)CC1CSC(=NCC(C)(C)C(N)=O)N1. The minimum Gasteiger partial charge on any atom is -0.369 e. The Morgan fingerprint density at radius 2 is 2.29 bits per heavy atom. The van der Waals surface area contributed by atoms with Gasteiger partial charge in [-0.05, 0) is 26.2 Å². The van der Waals surface area contributed by atoms with E-state index in [2.05, 4.69) is 24.2 Å². The van der Waals surface area contributed by atoms with E-state index in [4.69, 9.17) is 5.73 Å². The van der Waals surface area contributed by atoms with E-state index in [0.29, 0.717) is 18.5 Å². The monoisotopic (exact) mass is 257 g/mol. The van der Waals surface area contributed by atoms with Crippen molar-refractivity contribution in [2.75, 3.05) is 12.3 Å². The summed E-state index contributed by atoms with van der Waals surface area (Å²) in [5.74, 6) is 1.45. The molecule has 0 radical (unpaired) electrons. The van der Waals surface area contributed by atoms with E-state index in [0.717, 1.165) is 17.3 Å². The third-order valence-electron chi connectivity index (χ3n) is 2.79. The number of amidine groups is 1. The third kappa shape index (κ3) is 4.58. The number of carbonyl (C=O) groups is 1. The summed E-state index contributed by atoms with van der Waals surface area (Å²) in [6.07, 6.45) is 1.16. The normalized spacial score (nSPS) is 23.1. The fraction of sp³-hybridized carbons (Fsp3) is 0.833. The largest absolute Gasteiger partial charge is 0.369 e. The molecule has 1 atom stereocenters. The highest BCUT2D eigenvalue weighted by Gasteiger charge is 2.26. The molecule has 0 bridgehead atoms. The Labute approximate surface area is 108 Å². The van der Waals surface area contributed by atoms with E-state index < -0.39 is 5.41 Å². The summed E-state index contributed by atoms with van der Waals surface area (Å²) in [7, 11) is 0. The Bertz CT molecular complexity index is 313. The van der Waals surface area contributed by atoms with Gasteiger partial charge in [-0.1, -0.05) is 25.6 Å². The second-order valence-electron chi connectivity index (χ2n) is 5.65. The molecule has 1 fully saturated rings. The van der Waals surface area contributed by atoms with Crippen LogP contribution in [0.5, 0.6) is 0 Å². The van der Waals surface area contributed by atoms with Crippen molar-refractivity contribution in [2.45, 2.75) is 40.2 Å². The number of carbonyl (C=O) groups excluding carboxylic acids is 1. The van der Waals surface area contributed by atoms with Crippen LogP contribution in [0.2, 0.25) is 0 Å². The van der Waals surface area contributed by atoms with E-state index in [1.54, 1.807) is 11.8 Å². The van der Waals surface area contributed by atoms with Crippen LogP contribution in [-0.2, 0) is 4.79 Å². The van der Waals surface area contributed by atoms with E-state index in [9.17, 15) is 4.79 Å². The van der Waals surface area contributed by atoms with Gasteiger partial charge in [-0.2, -0.15) is 0 Å². The molecule has 5 heteroatoms. The molecule has 1 heterocycles. The van der Waals surface area contributed by atoms with Gasteiger partial charge in [-0.25, -0.2) is 0 Å². The van der Waals surface area contributed by atoms with E-state index in [1.165, 1.54) is 0 Å². The van der Waals surface area contributed by atoms with Crippen molar-refractivity contribution in [3.8, 4) is 0 Å². The smallest absolute Gasteiger partial charge is 0.224 e. The summed E-state index contributed by atoms with van der Waals surface area (Å²) < 4.78 is 0. The van der Waals surface area contributed by atoms with E-state index in [-0.39, 0.29) is 5.91 Å². The third-order valence-corrected chi connectivity index (χ3v) is 3.88. The minimum atomic E-state index is -0.564. The molecule has 0 aromatic heterocycles. The Morgan fingerprint density at radius 3 is 2.82 bits per heavy atom. The number of nitrogens with two attached hydrogens (primary N) is 1. The first-order valence-electron chi connectivity index (χ1n) is 6.05. The fourth-order valence-electron chi connectivity index (χ4n) is 1.57. The topological polar surface area (TPSA) is 67.5 Å². The average Bonchev–Trinajstić information content (AvgIpc) is 2.61. The zero-order valence-electron chi connectivity index (χ0n) is 11.1. The summed E-state index contributed by atoms with van der Waals surface area (Å²) in [6.45, 7) is 8.54. The van der Waals surface area contributed by atoms with Gasteiger partial charge in [0.15, 0.2) is 5.17 Å². The van der Waals surface area contributed by atoms with Crippen LogP contribution in [0.4, 0.5) is 0 Å². The number of nitrogens with zero attached hydrogens (tertiary/aromatic N) is 1. The van der Waals surface area contributed by atoms with Gasteiger partial charge in [0.2, 0.25) is 5.91 Å². The molecule has 0 aromatic rings. The molecule has 98 valence electrons. The van der Waals surface area contributed by atoms with Gasteiger partial charge >= 0.3 is 0 Å². The van der Waals surface area contributed by atoms with Gasteiger partial charge < -0.3 is 11.1 Å². The molecule has 4 nitrogen and oxygen atoms in total. The highest BCUT2D eigenvalue weighted by atomic mass is 32.2. The molecule has 0 spiro atoms. The van der Waals surface area contributed by atoms with Gasteiger partial charge in [-0.15, -0.1) is 0 Å². The van der Waals surface area contributed by atoms with Crippen LogP contribution in [0.25, 0.3) is 0 Å². The number of rotatable bonds is 5. The van der Waals surface area contributed by atoms with Gasteiger partial charge in [0.1, 0.15) is 0 Å². The van der Waals surface area contributed by atoms with Crippen molar-refractivity contribution < 1.29 is 4.79 Å². The summed E-state index contributed by atoms with van der Waals surface area (Å²) in [4.78, 5) is 15.6. The van der Waals surface area contributed by atoms with E-state index in [1.807, 2.05) is 13.8 Å². The lowest BCUT2D eigenvalue weighted by molar-refractivity contribution is -0.125. The molecular formula is C12H23N3OS. The second kappa shape index (κ2) is 5.76. The quantitative estimate of drug-likeness (QED) is 0.786. The van der Waals surface area contributed by atoms with Crippen LogP contribution in [-0.4, -0.2) is 29.4 Å². The lowest BCUT2D eigenvalue weighted by Crippen LogP contribution is -2.35. The maximum atomic E-state index is 11.2. The van der Waals surface area contributed by atoms with Gasteiger partial charge in [0, 0.05) is 11.8 Å². The standard InChI is InChI=1S/C12H23N3OS/c1-8(2)5-9-6-17-11(15-9)14-7-12(3,4)10(13)16/h8-9H,5-7H2,1-4H3,(H2,13,16)(H,14,15). The maximum Gasteiger partial charge on any atom is 0.224 e. The van der Waals surface area contributed by atoms with Gasteiger partial charge in [0.25, 0.3) is 0 Å². The van der Waals surface area contributed by atoms with Crippen molar-refractivity contribution in [1.29, 1.82) is 0 Å². The van der Waals surface area contributed by atoms with Crippen LogP contribution in [0.1, 0.15) is 34.1 Å². The van der Waals surface area contributed by atoms with Crippen molar-refractivity contribution in [1.82, 2.24) is 5.32 Å². The first kappa shape index (κ1) is 14.4. The number of primary amides is 1. The van der Waals surface area contributed by atoms with Gasteiger partial charge in [-0.3, -0.25) is 9.79 Å². The average molecular weight is 257 g/mol. The molecule has 1 aliphatic heterocycles. The van der Waals surface area contributed by atoms with E-state index >= 15 is 0 Å². The van der Waals surface area contributed by atoms with Crippen LogP contribution in [0.15, 0.2) is 4.99 Å². The molecule has 1 aliphatic rings. The first-order valence-corrected chi connectivity index (χ1v) is 7.03. The molecule has 1 amide bonds. The molecule has 3 N–H and O–H groups in total. The second-order valence-corrected chi connectivity index (χ2v) is 6.66. The van der Waals surface area contributed by atoms with Crippen molar-refractivity contribution in [3.05, 3.63) is 0 Å². The molecule has 17 heavy (non-hydrogen) atoms. The van der Waals surface area contributed by atoms with Crippen LogP contribution < -0.4 is 11.1 Å². The summed E-state index contributed by atoms with van der Waals surface area (Å²) >= 11 is 1.73. The Kier molecular flexibility index (Phi) is 4.86. The molecule has 0 aromatic carbocycles. The maximum absolute atomic E-state index is 11.2. The number of nitrogens with one attached hydrogen (secondary N) is 1. The van der Waals surface area contributed by atoms with Crippen molar-refractivity contribution in [2.24, 2.45) is 22.1 Å². The molecule has 1 saturated heterocycles. The highest BCUT2D eigenvalue weighted by molar-refractivity contribution is 8.14. The fourth-order valence-corrected chi connectivity index (χ4v) is 2.56. The molecule has 0 aliphatic carbocycles. The predicted molar refractivity (Wildman–Crippen MR) is 74.1 cm³/mol. The van der Waals surface area contributed by atoms with Crippen LogP contribution in [0, 0.1) is 11.3 Å². The lowest BCUT2D eigenvalue weighted by atomic mass is 9.93. The molecular weight excluding hydrogens is 234 g/mol. The summed E-state index contributed by atoms with van der Waals surface area (Å²) in [6, 6.07) is 0.510. The number of thioether (sulfide) groups is 1. The molecule has 0 saturated carbocycles. The number of hydrogen-bond acceptors (Lipinski definition) is 3. The zero-order chi connectivity index (χ0) is 13.1. The zero-order valence-corrected chi connectivity index (χ0v) is 11.9.